The molecule has 0 unspecified atom stereocenters. The van der Waals surface area contributed by atoms with Gasteiger partial charge in [0.05, 0.1) is 11.4 Å². The second-order valence-corrected chi connectivity index (χ2v) is 7.98. The third-order valence-corrected chi connectivity index (χ3v) is 5.40. The number of hydrogen-bond acceptors (Lipinski definition) is 8. The maximum atomic E-state index is 5.88. The number of benzene rings is 4. The fourth-order valence-corrected chi connectivity index (χ4v) is 3.73. The largest absolute Gasteiger partial charge is 0.399 e. The van der Waals surface area contributed by atoms with Crippen LogP contribution in [0.2, 0.25) is 0 Å². The maximum absolute atomic E-state index is 5.88. The van der Waals surface area contributed by atoms with Crippen molar-refractivity contribution in [3.8, 4) is 0 Å². The van der Waals surface area contributed by atoms with Crippen LogP contribution in [0.15, 0.2) is 85.5 Å². The van der Waals surface area contributed by atoms with Gasteiger partial charge in [0, 0.05) is 39.2 Å². The fraction of sp³-hybridized carbons (Fsp3) is 0.0385. The van der Waals surface area contributed by atoms with Crippen molar-refractivity contribution < 1.29 is 0 Å². The Bertz CT molecular complexity index is 1430. The molecule has 0 bridgehead atoms. The van der Waals surface area contributed by atoms with Crippen LogP contribution in [0.1, 0.15) is 5.56 Å². The molecule has 0 aliphatic rings. The van der Waals surface area contributed by atoms with E-state index < -0.39 is 0 Å². The smallest absolute Gasteiger partial charge is 0.230 e. The highest BCUT2D eigenvalue weighted by molar-refractivity contribution is 6.09. The van der Waals surface area contributed by atoms with Crippen LogP contribution in [0.5, 0.6) is 0 Å². The van der Waals surface area contributed by atoms with Gasteiger partial charge >= 0.3 is 0 Å². The summed E-state index contributed by atoms with van der Waals surface area (Å²) in [4.78, 5) is 12.4. The summed E-state index contributed by atoms with van der Waals surface area (Å²) in [6.45, 7) is 2.08. The lowest BCUT2D eigenvalue weighted by Gasteiger charge is -2.20. The van der Waals surface area contributed by atoms with Gasteiger partial charge < -0.3 is 27.4 Å². The minimum Gasteiger partial charge on any atom is -0.399 e. The summed E-state index contributed by atoms with van der Waals surface area (Å²) in [5.41, 5.74) is 18.8. The number of rotatable bonds is 6. The summed E-state index contributed by atoms with van der Waals surface area (Å²) in [5.74, 6) is 0.455. The summed E-state index contributed by atoms with van der Waals surface area (Å²) in [7, 11) is 0. The first-order valence-corrected chi connectivity index (χ1v) is 10.8. The van der Waals surface area contributed by atoms with Crippen molar-refractivity contribution in [2.75, 3.05) is 27.4 Å². The Morgan fingerprint density at radius 2 is 1.21 bits per heavy atom. The second-order valence-electron chi connectivity index (χ2n) is 7.98. The third kappa shape index (κ3) is 4.51. The van der Waals surface area contributed by atoms with Crippen LogP contribution in [-0.4, -0.2) is 15.0 Å². The van der Waals surface area contributed by atoms with Crippen molar-refractivity contribution in [2.24, 2.45) is 0 Å². The van der Waals surface area contributed by atoms with Crippen molar-refractivity contribution in [3.05, 3.63) is 91.0 Å². The SMILES string of the molecule is Cc1ccc2c(Nc3ncncn3)c(Nc3ccc(N)cc3)cc(Nc3ccc(N)cc3)c2c1. The zero-order valence-electron chi connectivity index (χ0n) is 18.6. The van der Waals surface area contributed by atoms with Gasteiger partial charge in [0.15, 0.2) is 0 Å². The first-order valence-electron chi connectivity index (χ1n) is 10.8. The van der Waals surface area contributed by atoms with Crippen molar-refractivity contribution >= 4 is 56.5 Å². The summed E-state index contributed by atoms with van der Waals surface area (Å²) in [6, 6.07) is 23.7. The molecule has 5 aromatic rings. The quantitative estimate of drug-likeness (QED) is 0.209. The van der Waals surface area contributed by atoms with E-state index in [1.165, 1.54) is 12.7 Å². The summed E-state index contributed by atoms with van der Waals surface area (Å²) in [6.07, 6.45) is 2.93. The Labute approximate surface area is 197 Å². The third-order valence-electron chi connectivity index (χ3n) is 5.40. The number of nitrogens with two attached hydrogens (primary N) is 2. The minimum absolute atomic E-state index is 0.455. The molecule has 0 atom stereocenters. The Morgan fingerprint density at radius 3 is 1.82 bits per heavy atom. The van der Waals surface area contributed by atoms with Crippen molar-refractivity contribution in [1.82, 2.24) is 15.0 Å². The first-order chi connectivity index (χ1) is 16.5. The molecule has 0 fully saturated rings. The van der Waals surface area contributed by atoms with E-state index in [9.17, 15) is 0 Å². The number of hydrogen-bond donors (Lipinski definition) is 5. The van der Waals surface area contributed by atoms with Crippen molar-refractivity contribution in [3.63, 3.8) is 0 Å². The monoisotopic (exact) mass is 448 g/mol. The molecule has 0 saturated carbocycles. The molecule has 0 saturated heterocycles. The van der Waals surface area contributed by atoms with Gasteiger partial charge in [-0.25, -0.2) is 15.0 Å². The molecule has 8 heteroatoms. The van der Waals surface area contributed by atoms with E-state index in [-0.39, 0.29) is 0 Å². The van der Waals surface area contributed by atoms with Crippen LogP contribution < -0.4 is 27.4 Å². The van der Waals surface area contributed by atoms with E-state index in [1.54, 1.807) is 0 Å². The number of aromatic nitrogens is 3. The summed E-state index contributed by atoms with van der Waals surface area (Å²) >= 11 is 0. The van der Waals surface area contributed by atoms with Crippen LogP contribution in [-0.2, 0) is 0 Å². The normalized spacial score (nSPS) is 10.7. The number of anilines is 8. The van der Waals surface area contributed by atoms with Gasteiger partial charge in [-0.2, -0.15) is 0 Å². The predicted molar refractivity (Wildman–Crippen MR) is 140 cm³/mol. The molecule has 0 radical (unpaired) electrons. The standard InChI is InChI=1S/C26H24N8/c1-16-2-11-21-22(12-16)23(32-19-7-3-17(27)4-8-19)13-24(33-20-9-5-18(28)6-10-20)25(21)34-26-30-14-29-15-31-26/h2-15,32-33H,27-28H2,1H3,(H,29,30,31,34). The van der Waals surface area contributed by atoms with Crippen molar-refractivity contribution in [2.45, 2.75) is 6.92 Å². The predicted octanol–water partition coefficient (Wildman–Crippen LogP) is 5.73. The lowest BCUT2D eigenvalue weighted by molar-refractivity contribution is 1.05. The lowest BCUT2D eigenvalue weighted by atomic mass is 10.0. The number of fused-ring (bicyclic) bond motifs is 1. The molecule has 0 aliphatic heterocycles. The van der Waals surface area contributed by atoms with Gasteiger partial charge in [0.25, 0.3) is 0 Å². The average Bonchev–Trinajstić information content (AvgIpc) is 2.85. The molecule has 0 spiro atoms. The summed E-state index contributed by atoms with van der Waals surface area (Å²) in [5, 5.41) is 12.5. The molecule has 7 N–H and O–H groups in total. The van der Waals surface area contributed by atoms with Crippen LogP contribution in [0.25, 0.3) is 10.8 Å². The topological polar surface area (TPSA) is 127 Å². The van der Waals surface area contributed by atoms with Crippen LogP contribution in [0, 0.1) is 6.92 Å². The van der Waals surface area contributed by atoms with Gasteiger partial charge in [-0.05, 0) is 67.6 Å². The molecule has 5 rings (SSSR count). The Kier molecular flexibility index (Phi) is 5.53. The lowest BCUT2D eigenvalue weighted by Crippen LogP contribution is -2.04. The van der Waals surface area contributed by atoms with Gasteiger partial charge in [0.2, 0.25) is 5.95 Å². The first kappa shape index (κ1) is 21.0. The van der Waals surface area contributed by atoms with E-state index in [1.807, 2.05) is 48.5 Å². The highest BCUT2D eigenvalue weighted by atomic mass is 15.1. The molecule has 1 aromatic heterocycles. The highest BCUT2D eigenvalue weighted by Gasteiger charge is 2.15. The van der Waals surface area contributed by atoms with E-state index in [4.69, 9.17) is 11.5 Å². The van der Waals surface area contributed by atoms with Gasteiger partial charge in [-0.15, -0.1) is 0 Å². The van der Waals surface area contributed by atoms with Crippen LogP contribution >= 0.6 is 0 Å². The van der Waals surface area contributed by atoms with Crippen molar-refractivity contribution in [1.29, 1.82) is 0 Å². The number of aryl methyl sites for hydroxylation is 1. The fourth-order valence-electron chi connectivity index (χ4n) is 3.73. The Balaban J connectivity index is 1.67. The zero-order valence-corrected chi connectivity index (χ0v) is 18.6. The molecule has 4 aromatic carbocycles. The second kappa shape index (κ2) is 8.95. The van der Waals surface area contributed by atoms with E-state index in [0.29, 0.717) is 17.3 Å². The molecular formula is C26H24N8. The molecule has 168 valence electrons. The zero-order chi connectivity index (χ0) is 23.5. The van der Waals surface area contributed by atoms with Crippen LogP contribution in [0.3, 0.4) is 0 Å². The van der Waals surface area contributed by atoms with Crippen LogP contribution in [0.4, 0.5) is 45.8 Å². The Morgan fingerprint density at radius 1 is 0.618 bits per heavy atom. The number of nitrogen functional groups attached to an aromatic ring is 2. The highest BCUT2D eigenvalue weighted by Crippen LogP contribution is 2.41. The van der Waals surface area contributed by atoms with E-state index in [0.717, 1.165) is 44.8 Å². The molecule has 1 heterocycles. The molecule has 0 aliphatic carbocycles. The molecule has 8 nitrogen and oxygen atoms in total. The van der Waals surface area contributed by atoms with Gasteiger partial charge in [-0.1, -0.05) is 17.7 Å². The average molecular weight is 449 g/mol. The van der Waals surface area contributed by atoms with E-state index in [2.05, 4.69) is 62.1 Å². The molecule has 0 amide bonds. The summed E-state index contributed by atoms with van der Waals surface area (Å²) < 4.78 is 0. The van der Waals surface area contributed by atoms with E-state index >= 15 is 0 Å². The number of nitrogens with one attached hydrogen (secondary N) is 3. The number of nitrogens with zero attached hydrogens (tertiary/aromatic N) is 3. The molecular weight excluding hydrogens is 424 g/mol. The minimum atomic E-state index is 0.455. The van der Waals surface area contributed by atoms with Gasteiger partial charge in [-0.3, -0.25) is 0 Å². The van der Waals surface area contributed by atoms with Gasteiger partial charge in [0.1, 0.15) is 12.7 Å². The molecule has 34 heavy (non-hydrogen) atoms. The maximum Gasteiger partial charge on any atom is 0.230 e. The Hall–Kier alpha value is -4.85.